The second-order valence-electron chi connectivity index (χ2n) is 7.40. The van der Waals surface area contributed by atoms with Crippen molar-refractivity contribution in [2.45, 2.75) is 22.9 Å². The molecule has 0 aliphatic rings. The van der Waals surface area contributed by atoms with E-state index in [1.54, 1.807) is 36.4 Å². The summed E-state index contributed by atoms with van der Waals surface area (Å²) in [5, 5.41) is 3.61. The number of carbonyl (C=O) groups excluding carboxylic acids is 1. The highest BCUT2D eigenvalue weighted by Gasteiger charge is 2.32. The first-order chi connectivity index (χ1) is 16.5. The second kappa shape index (κ2) is 11.0. The number of anilines is 1. The fourth-order valence-corrected chi connectivity index (χ4v) is 4.94. The van der Waals surface area contributed by atoms with Crippen molar-refractivity contribution in [1.82, 2.24) is 5.43 Å². The third-order valence-corrected chi connectivity index (χ3v) is 7.45. The Bertz CT molecular complexity index is 1310. The van der Waals surface area contributed by atoms with Gasteiger partial charge in [0.05, 0.1) is 22.4 Å². The Morgan fingerprint density at radius 2 is 1.66 bits per heavy atom. The molecule has 0 heterocycles. The Balaban J connectivity index is 1.85. The molecule has 11 heteroatoms. The third-order valence-electron chi connectivity index (χ3n) is 4.92. The predicted molar refractivity (Wildman–Crippen MR) is 131 cm³/mol. The summed E-state index contributed by atoms with van der Waals surface area (Å²) in [6.07, 6.45) is -1.86. The van der Waals surface area contributed by atoms with Crippen molar-refractivity contribution >= 4 is 39.6 Å². The molecule has 6 nitrogen and oxygen atoms in total. The quantitative estimate of drug-likeness (QED) is 0.255. The summed E-state index contributed by atoms with van der Waals surface area (Å²) in [5.74, 6) is -0.823. The van der Waals surface area contributed by atoms with Crippen LogP contribution in [0.5, 0.6) is 0 Å². The minimum atomic E-state index is -4.59. The van der Waals surface area contributed by atoms with Gasteiger partial charge in [0.1, 0.15) is 6.54 Å². The normalized spacial score (nSPS) is 12.0. The zero-order chi connectivity index (χ0) is 25.6. The first-order valence-corrected chi connectivity index (χ1v) is 12.9. The number of hydrazone groups is 1. The number of sulfonamides is 1. The molecule has 0 aromatic heterocycles. The summed E-state index contributed by atoms with van der Waals surface area (Å²) in [5.41, 5.74) is 2.12. The van der Waals surface area contributed by atoms with Crippen LogP contribution in [0.3, 0.4) is 0 Å². The molecule has 0 spiro atoms. The van der Waals surface area contributed by atoms with Crippen LogP contribution in [0.25, 0.3) is 0 Å². The number of nitrogens with zero attached hydrogens (tertiary/aromatic N) is 2. The summed E-state index contributed by atoms with van der Waals surface area (Å²) in [4.78, 5) is 13.5. The van der Waals surface area contributed by atoms with Gasteiger partial charge in [0.2, 0.25) is 0 Å². The maximum absolute atomic E-state index is 13.4. The fraction of sp³-hybridized carbons (Fsp3) is 0.167. The molecule has 0 saturated carbocycles. The van der Waals surface area contributed by atoms with E-state index >= 15 is 0 Å². The number of nitrogens with one attached hydrogen (secondary N) is 1. The van der Waals surface area contributed by atoms with Crippen LogP contribution in [0.1, 0.15) is 16.7 Å². The lowest BCUT2D eigenvalue weighted by Crippen LogP contribution is -2.39. The molecule has 0 unspecified atom stereocenters. The molecule has 0 fully saturated rings. The first-order valence-electron chi connectivity index (χ1n) is 10.2. The number of thioether (sulfide) groups is 1. The Morgan fingerprint density at radius 1 is 1.03 bits per heavy atom. The van der Waals surface area contributed by atoms with Gasteiger partial charge in [-0.1, -0.05) is 35.9 Å². The number of benzene rings is 3. The number of rotatable bonds is 8. The standard InChI is InChI=1S/C24H22F3N3O3S2/c1-17-7-9-19(10-8-17)30(35(32,33)21-13-11-20(34-2)12-14-21)16-23(31)29-28-15-18-5-3-4-6-22(18)24(25,26)27/h3-15H,16H2,1-2H3,(H,29,31)/b28-15-. The molecule has 0 aliphatic carbocycles. The highest BCUT2D eigenvalue weighted by molar-refractivity contribution is 7.98. The number of hydrogen-bond donors (Lipinski definition) is 1. The average molecular weight is 522 g/mol. The summed E-state index contributed by atoms with van der Waals surface area (Å²) in [6, 6.07) is 17.5. The number of amides is 1. The van der Waals surface area contributed by atoms with Crippen molar-refractivity contribution < 1.29 is 26.4 Å². The van der Waals surface area contributed by atoms with Crippen molar-refractivity contribution in [3.05, 3.63) is 89.5 Å². The Morgan fingerprint density at radius 3 is 2.26 bits per heavy atom. The molecule has 184 valence electrons. The molecule has 35 heavy (non-hydrogen) atoms. The van der Waals surface area contributed by atoms with Crippen molar-refractivity contribution in [2.75, 3.05) is 17.1 Å². The molecule has 3 aromatic rings. The Labute approximate surface area is 205 Å². The number of hydrogen-bond acceptors (Lipinski definition) is 5. The summed E-state index contributed by atoms with van der Waals surface area (Å²) < 4.78 is 67.1. The smallest absolute Gasteiger partial charge is 0.271 e. The van der Waals surface area contributed by atoms with Crippen LogP contribution in [-0.2, 0) is 21.0 Å². The van der Waals surface area contributed by atoms with Gasteiger partial charge in [-0.05, 0) is 55.6 Å². The van der Waals surface area contributed by atoms with Gasteiger partial charge in [0, 0.05) is 10.5 Å². The lowest BCUT2D eigenvalue weighted by atomic mass is 10.1. The van der Waals surface area contributed by atoms with Crippen LogP contribution in [0.4, 0.5) is 18.9 Å². The van der Waals surface area contributed by atoms with Gasteiger partial charge < -0.3 is 0 Å². The van der Waals surface area contributed by atoms with E-state index in [0.29, 0.717) is 0 Å². The molecular formula is C24H22F3N3O3S2. The number of halogens is 3. The van der Waals surface area contributed by atoms with E-state index in [9.17, 15) is 26.4 Å². The molecule has 1 amide bonds. The Hall–Kier alpha value is -3.31. The highest BCUT2D eigenvalue weighted by atomic mass is 32.2. The predicted octanol–water partition coefficient (Wildman–Crippen LogP) is 5.08. The molecule has 0 aliphatic heterocycles. The topological polar surface area (TPSA) is 78.8 Å². The van der Waals surface area contributed by atoms with Gasteiger partial charge in [-0.2, -0.15) is 18.3 Å². The Kier molecular flexibility index (Phi) is 8.23. The van der Waals surface area contributed by atoms with E-state index in [1.807, 2.05) is 13.2 Å². The summed E-state index contributed by atoms with van der Waals surface area (Å²) >= 11 is 1.46. The maximum atomic E-state index is 13.4. The van der Waals surface area contributed by atoms with Crippen LogP contribution >= 0.6 is 11.8 Å². The van der Waals surface area contributed by atoms with Crippen LogP contribution in [0, 0.1) is 6.92 Å². The van der Waals surface area contributed by atoms with E-state index < -0.39 is 34.2 Å². The zero-order valence-electron chi connectivity index (χ0n) is 18.8. The van der Waals surface area contributed by atoms with E-state index in [2.05, 4.69) is 10.5 Å². The molecule has 0 atom stereocenters. The SMILES string of the molecule is CSc1ccc(S(=O)(=O)N(CC(=O)N/N=C\c2ccccc2C(F)(F)F)c2ccc(C)cc2)cc1. The van der Waals surface area contributed by atoms with E-state index in [-0.39, 0.29) is 16.1 Å². The van der Waals surface area contributed by atoms with Crippen LogP contribution < -0.4 is 9.73 Å². The minimum absolute atomic E-state index is 0.00807. The molecule has 0 bridgehead atoms. The molecular weight excluding hydrogens is 499 g/mol. The number of carbonyl (C=O) groups is 1. The molecule has 1 N–H and O–H groups in total. The van der Waals surface area contributed by atoms with Crippen LogP contribution in [0.2, 0.25) is 0 Å². The minimum Gasteiger partial charge on any atom is -0.271 e. The van der Waals surface area contributed by atoms with E-state index in [4.69, 9.17) is 0 Å². The van der Waals surface area contributed by atoms with Crippen LogP contribution in [-0.4, -0.2) is 33.3 Å². The lowest BCUT2D eigenvalue weighted by molar-refractivity contribution is -0.137. The fourth-order valence-electron chi connectivity index (χ4n) is 3.11. The maximum Gasteiger partial charge on any atom is 0.417 e. The first kappa shape index (κ1) is 26.3. The van der Waals surface area contributed by atoms with E-state index in [0.717, 1.165) is 27.0 Å². The molecule has 3 aromatic carbocycles. The molecule has 0 saturated heterocycles. The molecule has 3 rings (SSSR count). The average Bonchev–Trinajstić information content (AvgIpc) is 2.83. The van der Waals surface area contributed by atoms with Crippen LogP contribution in [0.15, 0.2) is 87.7 Å². The van der Waals surface area contributed by atoms with Gasteiger partial charge in [-0.25, -0.2) is 13.8 Å². The third kappa shape index (κ3) is 6.64. The number of aryl methyl sites for hydroxylation is 1. The van der Waals surface area contributed by atoms with Gasteiger partial charge in [0.25, 0.3) is 15.9 Å². The monoisotopic (exact) mass is 521 g/mol. The van der Waals surface area contributed by atoms with Crippen molar-refractivity contribution in [2.24, 2.45) is 5.10 Å². The van der Waals surface area contributed by atoms with Gasteiger partial charge in [-0.15, -0.1) is 11.8 Å². The highest BCUT2D eigenvalue weighted by Crippen LogP contribution is 2.31. The largest absolute Gasteiger partial charge is 0.417 e. The van der Waals surface area contributed by atoms with E-state index in [1.165, 1.54) is 42.1 Å². The summed E-state index contributed by atoms with van der Waals surface area (Å²) in [7, 11) is -4.13. The second-order valence-corrected chi connectivity index (χ2v) is 10.1. The van der Waals surface area contributed by atoms with Crippen molar-refractivity contribution in [1.29, 1.82) is 0 Å². The lowest BCUT2D eigenvalue weighted by Gasteiger charge is -2.24. The van der Waals surface area contributed by atoms with Crippen molar-refractivity contribution in [3.63, 3.8) is 0 Å². The van der Waals surface area contributed by atoms with Gasteiger partial charge in [-0.3, -0.25) is 9.10 Å². The van der Waals surface area contributed by atoms with Gasteiger partial charge >= 0.3 is 6.18 Å². The van der Waals surface area contributed by atoms with Crippen molar-refractivity contribution in [3.8, 4) is 0 Å². The summed E-state index contributed by atoms with van der Waals surface area (Å²) in [6.45, 7) is 1.21. The van der Waals surface area contributed by atoms with Gasteiger partial charge in [0.15, 0.2) is 0 Å². The number of alkyl halides is 3. The molecule has 0 radical (unpaired) electrons. The zero-order valence-corrected chi connectivity index (χ0v) is 20.4.